The van der Waals surface area contributed by atoms with Crippen molar-refractivity contribution in [1.82, 2.24) is 0 Å². The summed E-state index contributed by atoms with van der Waals surface area (Å²) in [4.78, 5) is 10.8. The van der Waals surface area contributed by atoms with Crippen LogP contribution in [0.25, 0.3) is 0 Å². The molecular formula is C7H7F6IO2. The van der Waals surface area contributed by atoms with Crippen LogP contribution in [0, 0.1) is 0 Å². The molecule has 9 heteroatoms. The lowest BCUT2D eigenvalue weighted by Gasteiger charge is -2.23. The second kappa shape index (κ2) is 5.41. The molecule has 0 aliphatic carbocycles. The van der Waals surface area contributed by atoms with Gasteiger partial charge in [-0.25, -0.2) is 0 Å². The third-order valence-corrected chi connectivity index (χ3v) is 2.83. The first-order valence-corrected chi connectivity index (χ1v) is 5.22. The summed E-state index contributed by atoms with van der Waals surface area (Å²) < 4.78 is 74.1. The number of rotatable bonds is 3. The molecule has 0 aliphatic rings. The monoisotopic (exact) mass is 364 g/mol. The van der Waals surface area contributed by atoms with Gasteiger partial charge in [0.05, 0.1) is 0 Å². The normalized spacial score (nSPS) is 15.1. The van der Waals surface area contributed by atoms with Gasteiger partial charge in [-0.05, 0) is 6.42 Å². The molecule has 0 radical (unpaired) electrons. The molecule has 16 heavy (non-hydrogen) atoms. The van der Waals surface area contributed by atoms with E-state index in [9.17, 15) is 31.1 Å². The van der Waals surface area contributed by atoms with Gasteiger partial charge in [0.1, 0.15) is 3.92 Å². The maximum atomic E-state index is 11.9. The Morgan fingerprint density at radius 1 is 1.19 bits per heavy atom. The number of ether oxygens (including phenoxy) is 1. The average molecular weight is 364 g/mol. The summed E-state index contributed by atoms with van der Waals surface area (Å²) >= 11 is 1.41. The van der Waals surface area contributed by atoms with Gasteiger partial charge in [-0.15, -0.1) is 0 Å². The van der Waals surface area contributed by atoms with Crippen LogP contribution in [-0.4, -0.2) is 28.4 Å². The fraction of sp³-hybridized carbons (Fsp3) is 0.857. The van der Waals surface area contributed by atoms with Crippen molar-refractivity contribution in [3.63, 3.8) is 0 Å². The first-order valence-electron chi connectivity index (χ1n) is 3.98. The largest absolute Gasteiger partial charge is 0.442 e. The van der Waals surface area contributed by atoms with Crippen LogP contribution in [0.5, 0.6) is 0 Å². The van der Waals surface area contributed by atoms with E-state index in [0.717, 1.165) is 0 Å². The zero-order chi connectivity index (χ0) is 13.1. The molecule has 0 amide bonds. The van der Waals surface area contributed by atoms with Crippen LogP contribution in [0.1, 0.15) is 13.3 Å². The minimum absolute atomic E-state index is 0.0851. The second-order valence-electron chi connectivity index (χ2n) is 2.78. The van der Waals surface area contributed by atoms with Crippen molar-refractivity contribution in [3.05, 3.63) is 0 Å². The minimum atomic E-state index is -5.65. The Kier molecular flexibility index (Phi) is 5.33. The molecule has 0 fully saturated rings. The Hall–Kier alpha value is -0.220. The van der Waals surface area contributed by atoms with E-state index in [1.807, 2.05) is 0 Å². The van der Waals surface area contributed by atoms with Crippen molar-refractivity contribution >= 4 is 28.6 Å². The summed E-state index contributed by atoms with van der Waals surface area (Å²) in [6, 6.07) is 0. The van der Waals surface area contributed by atoms with Crippen molar-refractivity contribution in [2.75, 3.05) is 0 Å². The number of carbonyl (C=O) groups excluding carboxylic acids is 1. The molecule has 0 bridgehead atoms. The Balaban J connectivity index is 4.78. The molecule has 1 atom stereocenters. The summed E-state index contributed by atoms with van der Waals surface area (Å²) in [5.41, 5.74) is 0. The minimum Gasteiger partial charge on any atom is -0.442 e. The van der Waals surface area contributed by atoms with E-state index in [1.54, 1.807) is 0 Å². The standard InChI is InChI=1S/C7H7F6IO2/c1-2-3(14)4(15)16-5(6(8,9)10)7(11,12)13/h3,5H,2H2,1H3. The molecule has 0 spiro atoms. The highest BCUT2D eigenvalue weighted by molar-refractivity contribution is 14.1. The SMILES string of the molecule is CCC(I)C(=O)OC(C(F)(F)F)C(F)(F)F. The quantitative estimate of drug-likeness (QED) is 0.333. The summed E-state index contributed by atoms with van der Waals surface area (Å²) in [7, 11) is 0. The molecule has 1 unspecified atom stereocenters. The number of halogens is 7. The molecular weight excluding hydrogens is 357 g/mol. The van der Waals surface area contributed by atoms with Crippen LogP contribution < -0.4 is 0 Å². The molecule has 0 rings (SSSR count). The lowest BCUT2D eigenvalue weighted by Crippen LogP contribution is -2.46. The third kappa shape index (κ3) is 4.74. The van der Waals surface area contributed by atoms with Gasteiger partial charge in [0.25, 0.3) is 6.10 Å². The molecule has 0 aromatic carbocycles. The number of hydrogen-bond acceptors (Lipinski definition) is 2. The molecule has 96 valence electrons. The second-order valence-corrected chi connectivity index (χ2v) is 4.28. The van der Waals surface area contributed by atoms with Gasteiger partial charge in [-0.3, -0.25) is 4.79 Å². The van der Waals surface area contributed by atoms with Gasteiger partial charge in [-0.1, -0.05) is 29.5 Å². The highest BCUT2D eigenvalue weighted by Gasteiger charge is 2.60. The number of carbonyl (C=O) groups is 1. The summed E-state index contributed by atoms with van der Waals surface area (Å²) in [5.74, 6) is -1.53. The molecule has 0 heterocycles. The van der Waals surface area contributed by atoms with Gasteiger partial charge in [0.2, 0.25) is 0 Å². The van der Waals surface area contributed by atoms with Crippen LogP contribution in [0.15, 0.2) is 0 Å². The van der Waals surface area contributed by atoms with Gasteiger partial charge in [0.15, 0.2) is 0 Å². The first-order chi connectivity index (χ1) is 7.00. The third-order valence-electron chi connectivity index (χ3n) is 1.44. The van der Waals surface area contributed by atoms with Crippen molar-refractivity contribution in [2.45, 2.75) is 35.7 Å². The van der Waals surface area contributed by atoms with Gasteiger partial charge < -0.3 is 4.74 Å². The first kappa shape index (κ1) is 15.8. The lowest BCUT2D eigenvalue weighted by atomic mass is 10.3. The fourth-order valence-electron chi connectivity index (χ4n) is 0.676. The van der Waals surface area contributed by atoms with Gasteiger partial charge in [-0.2, -0.15) is 26.3 Å². The van der Waals surface area contributed by atoms with Crippen molar-refractivity contribution in [1.29, 1.82) is 0 Å². The van der Waals surface area contributed by atoms with Crippen LogP contribution in [0.4, 0.5) is 26.3 Å². The molecule has 0 saturated carbocycles. The van der Waals surface area contributed by atoms with E-state index < -0.39 is 28.4 Å². The molecule has 0 aromatic rings. The van der Waals surface area contributed by atoms with Gasteiger partial charge in [0, 0.05) is 0 Å². The van der Waals surface area contributed by atoms with E-state index in [-0.39, 0.29) is 6.42 Å². The fourth-order valence-corrected chi connectivity index (χ4v) is 0.823. The van der Waals surface area contributed by atoms with Gasteiger partial charge >= 0.3 is 18.3 Å². The maximum absolute atomic E-state index is 11.9. The molecule has 2 nitrogen and oxygen atoms in total. The number of alkyl halides is 7. The number of esters is 1. The van der Waals surface area contributed by atoms with E-state index in [4.69, 9.17) is 0 Å². The smallest absolute Gasteiger partial charge is 0.434 e. The highest BCUT2D eigenvalue weighted by Crippen LogP contribution is 2.36. The summed E-state index contributed by atoms with van der Waals surface area (Å²) in [6.07, 6.45) is -15.3. The molecule has 0 aliphatic heterocycles. The maximum Gasteiger partial charge on any atom is 0.434 e. The van der Waals surface area contributed by atoms with E-state index in [0.29, 0.717) is 0 Å². The Labute approximate surface area is 100 Å². The van der Waals surface area contributed by atoms with E-state index >= 15 is 0 Å². The highest BCUT2D eigenvalue weighted by atomic mass is 127. The van der Waals surface area contributed by atoms with Crippen LogP contribution in [0.2, 0.25) is 0 Å². The van der Waals surface area contributed by atoms with Crippen molar-refractivity contribution < 1.29 is 35.9 Å². The average Bonchev–Trinajstić information content (AvgIpc) is 2.08. The molecule has 0 N–H and O–H groups in total. The summed E-state index contributed by atoms with van der Waals surface area (Å²) in [6.45, 7) is 1.44. The molecule has 0 aromatic heterocycles. The zero-order valence-electron chi connectivity index (χ0n) is 7.82. The van der Waals surface area contributed by atoms with Crippen molar-refractivity contribution in [2.24, 2.45) is 0 Å². The van der Waals surface area contributed by atoms with Crippen molar-refractivity contribution in [3.8, 4) is 0 Å². The van der Waals surface area contributed by atoms with Crippen LogP contribution >= 0.6 is 22.6 Å². The predicted molar refractivity (Wildman–Crippen MR) is 50.1 cm³/mol. The molecule has 0 saturated heterocycles. The number of hydrogen-bond donors (Lipinski definition) is 0. The predicted octanol–water partition coefficient (Wildman–Crippen LogP) is 3.24. The van der Waals surface area contributed by atoms with Crippen LogP contribution in [-0.2, 0) is 9.53 Å². The Morgan fingerprint density at radius 2 is 1.56 bits per heavy atom. The summed E-state index contributed by atoms with van der Waals surface area (Å²) in [5, 5.41) is 0. The van der Waals surface area contributed by atoms with E-state index in [2.05, 4.69) is 4.74 Å². The van der Waals surface area contributed by atoms with E-state index in [1.165, 1.54) is 29.5 Å². The Morgan fingerprint density at radius 3 is 1.81 bits per heavy atom. The topological polar surface area (TPSA) is 26.3 Å². The van der Waals surface area contributed by atoms with Crippen LogP contribution in [0.3, 0.4) is 0 Å². The zero-order valence-corrected chi connectivity index (χ0v) is 9.98. The Bertz CT molecular complexity index is 234. The lowest BCUT2D eigenvalue weighted by molar-refractivity contribution is -0.313.